The van der Waals surface area contributed by atoms with E-state index in [0.29, 0.717) is 19.3 Å². The predicted octanol–water partition coefficient (Wildman–Crippen LogP) is 18.3. The molecular formula is C61H100O6. The summed E-state index contributed by atoms with van der Waals surface area (Å²) in [7, 11) is 0. The molecule has 0 rings (SSSR count). The van der Waals surface area contributed by atoms with Crippen molar-refractivity contribution in [2.45, 2.75) is 245 Å². The Labute approximate surface area is 412 Å². The molecule has 0 amide bonds. The number of carbonyl (C=O) groups excluding carboxylic acids is 3. The molecule has 1 atom stereocenters. The maximum atomic E-state index is 12.8. The predicted molar refractivity (Wildman–Crippen MR) is 288 cm³/mol. The molecule has 0 aromatic rings. The van der Waals surface area contributed by atoms with E-state index in [2.05, 4.69) is 130 Å². The molecule has 0 saturated carbocycles. The zero-order valence-corrected chi connectivity index (χ0v) is 43.4. The van der Waals surface area contributed by atoms with E-state index in [0.717, 1.165) is 77.0 Å². The fraction of sp³-hybridized carbons (Fsp3) is 0.656. The molecule has 67 heavy (non-hydrogen) atoms. The summed E-state index contributed by atoms with van der Waals surface area (Å²) in [6.07, 6.45) is 73.7. The summed E-state index contributed by atoms with van der Waals surface area (Å²) < 4.78 is 16.7. The van der Waals surface area contributed by atoms with Gasteiger partial charge in [-0.2, -0.15) is 0 Å². The zero-order valence-electron chi connectivity index (χ0n) is 43.4. The first-order valence-corrected chi connectivity index (χ1v) is 27.4. The molecule has 0 bridgehead atoms. The lowest BCUT2D eigenvalue weighted by molar-refractivity contribution is -0.167. The highest BCUT2D eigenvalue weighted by molar-refractivity contribution is 5.71. The Kier molecular flexibility index (Phi) is 51.5. The van der Waals surface area contributed by atoms with Gasteiger partial charge in [0.2, 0.25) is 0 Å². The molecule has 0 aromatic carbocycles. The molecule has 0 unspecified atom stereocenters. The lowest BCUT2D eigenvalue weighted by atomic mass is 10.1. The van der Waals surface area contributed by atoms with E-state index in [-0.39, 0.29) is 44.0 Å². The van der Waals surface area contributed by atoms with Crippen molar-refractivity contribution >= 4 is 17.9 Å². The van der Waals surface area contributed by atoms with Gasteiger partial charge in [0.1, 0.15) is 13.2 Å². The highest BCUT2D eigenvalue weighted by Gasteiger charge is 2.19. The van der Waals surface area contributed by atoms with Gasteiger partial charge in [0.05, 0.1) is 0 Å². The second-order valence-corrected chi connectivity index (χ2v) is 17.7. The number of unbranched alkanes of at least 4 members (excludes halogenated alkanes) is 19. The van der Waals surface area contributed by atoms with Gasteiger partial charge in [0.25, 0.3) is 0 Å². The van der Waals surface area contributed by atoms with E-state index in [1.807, 2.05) is 0 Å². The Balaban J connectivity index is 4.57. The molecular weight excluding hydrogens is 829 g/mol. The topological polar surface area (TPSA) is 78.9 Å². The molecule has 0 aliphatic carbocycles. The van der Waals surface area contributed by atoms with E-state index in [9.17, 15) is 14.4 Å². The van der Waals surface area contributed by atoms with Crippen LogP contribution in [0.25, 0.3) is 0 Å². The van der Waals surface area contributed by atoms with E-state index in [1.54, 1.807) is 0 Å². The number of ether oxygens (including phenoxy) is 3. The van der Waals surface area contributed by atoms with Crippen LogP contribution in [-0.2, 0) is 28.6 Å². The average molecular weight is 929 g/mol. The normalized spacial score (nSPS) is 12.9. The van der Waals surface area contributed by atoms with Gasteiger partial charge in [-0.25, -0.2) is 0 Å². The smallest absolute Gasteiger partial charge is 0.306 e. The van der Waals surface area contributed by atoms with Crippen molar-refractivity contribution in [2.75, 3.05) is 13.2 Å². The number of hydrogen-bond donors (Lipinski definition) is 0. The van der Waals surface area contributed by atoms with Crippen LogP contribution in [0.3, 0.4) is 0 Å². The molecule has 0 spiro atoms. The number of hydrogen-bond acceptors (Lipinski definition) is 6. The van der Waals surface area contributed by atoms with Crippen molar-refractivity contribution in [3.63, 3.8) is 0 Å². The zero-order chi connectivity index (χ0) is 48.6. The molecule has 6 nitrogen and oxygen atoms in total. The molecule has 6 heteroatoms. The number of esters is 3. The van der Waals surface area contributed by atoms with Gasteiger partial charge >= 0.3 is 17.9 Å². The van der Waals surface area contributed by atoms with Crippen LogP contribution in [-0.4, -0.2) is 37.2 Å². The van der Waals surface area contributed by atoms with Gasteiger partial charge in [-0.1, -0.05) is 214 Å². The van der Waals surface area contributed by atoms with Crippen LogP contribution in [0, 0.1) is 0 Å². The molecule has 0 radical (unpaired) electrons. The number of rotatable bonds is 48. The summed E-state index contributed by atoms with van der Waals surface area (Å²) in [5.74, 6) is -1.04. The molecule has 0 aliphatic heterocycles. The van der Waals surface area contributed by atoms with Crippen molar-refractivity contribution in [1.29, 1.82) is 0 Å². The highest BCUT2D eigenvalue weighted by Crippen LogP contribution is 2.13. The van der Waals surface area contributed by atoms with Crippen molar-refractivity contribution in [2.24, 2.45) is 0 Å². The first-order valence-electron chi connectivity index (χ1n) is 27.4. The van der Waals surface area contributed by atoms with Crippen LogP contribution in [0.4, 0.5) is 0 Å². The van der Waals surface area contributed by atoms with Gasteiger partial charge < -0.3 is 14.2 Å². The summed E-state index contributed by atoms with van der Waals surface area (Å²) in [6.45, 7) is 6.40. The van der Waals surface area contributed by atoms with E-state index >= 15 is 0 Å². The van der Waals surface area contributed by atoms with Crippen molar-refractivity contribution in [3.8, 4) is 0 Å². The van der Waals surface area contributed by atoms with Crippen LogP contribution < -0.4 is 0 Å². The third-order valence-electron chi connectivity index (χ3n) is 11.2. The maximum absolute atomic E-state index is 12.8. The van der Waals surface area contributed by atoms with Gasteiger partial charge in [-0.3, -0.25) is 14.4 Å². The Bertz CT molecular complexity index is 1390. The maximum Gasteiger partial charge on any atom is 0.306 e. The van der Waals surface area contributed by atoms with Crippen LogP contribution in [0.15, 0.2) is 109 Å². The van der Waals surface area contributed by atoms with Gasteiger partial charge in [-0.15, -0.1) is 0 Å². The van der Waals surface area contributed by atoms with Crippen LogP contribution in [0.2, 0.25) is 0 Å². The number of allylic oxidation sites excluding steroid dienone is 18. The fourth-order valence-electron chi connectivity index (χ4n) is 7.13. The third kappa shape index (κ3) is 52.9. The summed E-state index contributed by atoms with van der Waals surface area (Å²) in [4.78, 5) is 38.0. The molecule has 0 aromatic heterocycles. The Hall–Kier alpha value is -3.93. The van der Waals surface area contributed by atoms with Crippen molar-refractivity contribution in [1.82, 2.24) is 0 Å². The quantitative estimate of drug-likeness (QED) is 0.0262. The SMILES string of the molecule is CC/C=C\C/C=C\C/C=C\C/C=C\C/C=C\CCCC(=O)O[C@H](COC(=O)CCC/C=C\C/C=C\C/C=C\CCCCCCCC)COC(=O)CCCCCCCCC/C=C\CCCCCC. The van der Waals surface area contributed by atoms with Gasteiger partial charge in [0.15, 0.2) is 6.10 Å². The van der Waals surface area contributed by atoms with Crippen molar-refractivity contribution < 1.29 is 28.6 Å². The minimum Gasteiger partial charge on any atom is -0.462 e. The van der Waals surface area contributed by atoms with Crippen LogP contribution in [0.5, 0.6) is 0 Å². The minimum absolute atomic E-state index is 0.120. The van der Waals surface area contributed by atoms with Crippen LogP contribution in [0.1, 0.15) is 239 Å². The second-order valence-electron chi connectivity index (χ2n) is 17.7. The summed E-state index contributed by atoms with van der Waals surface area (Å²) in [6, 6.07) is 0. The second kappa shape index (κ2) is 54.7. The first kappa shape index (κ1) is 63.1. The lowest BCUT2D eigenvalue weighted by Gasteiger charge is -2.18. The monoisotopic (exact) mass is 929 g/mol. The molecule has 380 valence electrons. The highest BCUT2D eigenvalue weighted by atomic mass is 16.6. The first-order chi connectivity index (χ1) is 33.0. The third-order valence-corrected chi connectivity index (χ3v) is 11.2. The largest absolute Gasteiger partial charge is 0.462 e. The van der Waals surface area contributed by atoms with Crippen molar-refractivity contribution in [3.05, 3.63) is 109 Å². The van der Waals surface area contributed by atoms with E-state index in [1.165, 1.54) is 109 Å². The summed E-state index contributed by atoms with van der Waals surface area (Å²) >= 11 is 0. The Morgan fingerprint density at radius 2 is 0.597 bits per heavy atom. The molecule has 0 saturated heterocycles. The summed E-state index contributed by atoms with van der Waals surface area (Å²) in [5.41, 5.74) is 0. The molecule has 0 fully saturated rings. The van der Waals surface area contributed by atoms with Crippen LogP contribution >= 0.6 is 0 Å². The average Bonchev–Trinajstić information content (AvgIpc) is 3.33. The van der Waals surface area contributed by atoms with E-state index < -0.39 is 6.10 Å². The van der Waals surface area contributed by atoms with Gasteiger partial charge in [0, 0.05) is 19.3 Å². The molecule has 0 aliphatic rings. The lowest BCUT2D eigenvalue weighted by Crippen LogP contribution is -2.30. The Morgan fingerprint density at radius 3 is 1.00 bits per heavy atom. The van der Waals surface area contributed by atoms with E-state index in [4.69, 9.17) is 14.2 Å². The minimum atomic E-state index is -0.831. The molecule has 0 N–H and O–H groups in total. The Morgan fingerprint density at radius 1 is 0.313 bits per heavy atom. The summed E-state index contributed by atoms with van der Waals surface area (Å²) in [5, 5.41) is 0. The number of carbonyl (C=O) groups is 3. The van der Waals surface area contributed by atoms with Gasteiger partial charge in [-0.05, 0) is 116 Å². The fourth-order valence-corrected chi connectivity index (χ4v) is 7.13. The molecule has 0 heterocycles. The standard InChI is InChI=1S/C61H100O6/c1-4-7-10-13-16-19-22-25-28-30-33-36-39-42-45-48-51-54-60(63)66-57-58(56-65-59(62)53-50-47-44-41-38-35-32-27-24-21-18-15-12-9-6-3)67-61(64)55-52-49-46-43-40-37-34-31-29-26-23-20-17-14-11-8-5-2/h8,11,17,20-21,24-26,28-29,33-34,36-37,42-43,45-46,58H,4-7,9-10,12-16,18-19,22-23,27,30-32,35,38-41,44,47-57H2,1-3H3/b11-8-,20-17-,24-21-,28-25-,29-26-,36-33-,37-34-,45-42-,46-43-/t58-/m0/s1.